The molecule has 126 valence electrons. The first-order valence-corrected chi connectivity index (χ1v) is 7.64. The molecule has 5 heteroatoms. The summed E-state index contributed by atoms with van der Waals surface area (Å²) in [6.45, 7) is -6.38. The lowest BCUT2D eigenvalue weighted by atomic mass is 9.81. The summed E-state index contributed by atoms with van der Waals surface area (Å²) in [6.07, 6.45) is -0.00643. The largest absolute Gasteiger partial charge is 0.493 e. The summed E-state index contributed by atoms with van der Waals surface area (Å²) < 4.78 is 77.0. The number of hydrogen-bond donors (Lipinski definition) is 1. The molecule has 1 N–H and O–H groups in total. The molecule has 24 heavy (non-hydrogen) atoms. The number of halogens is 1. The molecule has 4 nitrogen and oxygen atoms in total. The van der Waals surface area contributed by atoms with Crippen LogP contribution in [0.4, 0.5) is 4.39 Å². The Balaban J connectivity index is 1.57. The van der Waals surface area contributed by atoms with Crippen molar-refractivity contribution >= 4 is 0 Å². The molecule has 2 aliphatic rings. The van der Waals surface area contributed by atoms with Gasteiger partial charge in [0.15, 0.2) is 11.5 Å². The van der Waals surface area contributed by atoms with E-state index in [1.54, 1.807) is 6.07 Å². The number of ether oxygens (including phenoxy) is 3. The number of piperidine rings is 1. The summed E-state index contributed by atoms with van der Waals surface area (Å²) in [4.78, 5) is 0. The molecule has 0 spiro atoms. The first-order valence-electron chi connectivity index (χ1n) is 10.6. The average molecular weight is 335 g/mol. The first kappa shape index (κ1) is 9.89. The molecule has 2 aliphatic heterocycles. The molecule has 4 rings (SSSR count). The van der Waals surface area contributed by atoms with Crippen LogP contribution in [0, 0.1) is 11.7 Å². The zero-order valence-corrected chi connectivity index (χ0v) is 12.7. The number of rotatable bonds is 4. The maximum atomic E-state index is 13.4. The van der Waals surface area contributed by atoms with Crippen molar-refractivity contribution in [3.8, 4) is 17.2 Å². The Kier molecular flexibility index (Phi) is 2.76. The van der Waals surface area contributed by atoms with Crippen LogP contribution in [0.25, 0.3) is 0 Å². The minimum atomic E-state index is -2.26. The van der Waals surface area contributed by atoms with Crippen molar-refractivity contribution in [3.05, 3.63) is 53.8 Å². The zero-order chi connectivity index (χ0) is 21.7. The Morgan fingerprint density at radius 3 is 2.88 bits per heavy atom. The quantitative estimate of drug-likeness (QED) is 0.930. The van der Waals surface area contributed by atoms with Crippen LogP contribution < -0.4 is 19.5 Å². The number of fused-ring (bicyclic) bond motifs is 1. The predicted molar refractivity (Wildman–Crippen MR) is 88.2 cm³/mol. The van der Waals surface area contributed by atoms with Crippen LogP contribution >= 0.6 is 0 Å². The number of hydrogen-bond acceptors (Lipinski definition) is 4. The van der Waals surface area contributed by atoms with E-state index in [1.165, 1.54) is 36.4 Å². The molecular formula is C19H20FNO3. The van der Waals surface area contributed by atoms with E-state index >= 15 is 0 Å². The highest BCUT2D eigenvalue weighted by molar-refractivity contribution is 5.46. The molecule has 0 unspecified atom stereocenters. The van der Waals surface area contributed by atoms with Crippen LogP contribution in [-0.4, -0.2) is 26.3 Å². The first-order chi connectivity index (χ1) is 13.9. The van der Waals surface area contributed by atoms with E-state index in [0.717, 1.165) is 0 Å². The van der Waals surface area contributed by atoms with Gasteiger partial charge in [0.25, 0.3) is 0 Å². The van der Waals surface area contributed by atoms with Crippen molar-refractivity contribution in [3.63, 3.8) is 0 Å². The van der Waals surface area contributed by atoms with Gasteiger partial charge in [-0.2, -0.15) is 0 Å². The zero-order valence-electron chi connectivity index (χ0n) is 18.7. The maximum Gasteiger partial charge on any atom is 0.231 e. The molecular weight excluding hydrogens is 309 g/mol. The second-order valence-electron chi connectivity index (χ2n) is 5.62. The maximum absolute atomic E-state index is 13.4. The molecule has 0 radical (unpaired) electrons. The summed E-state index contributed by atoms with van der Waals surface area (Å²) in [7, 11) is 0. The van der Waals surface area contributed by atoms with Crippen molar-refractivity contribution in [1.82, 2.24) is 5.32 Å². The predicted octanol–water partition coefficient (Wildman–Crippen LogP) is 3.33. The highest BCUT2D eigenvalue weighted by atomic mass is 19.1. The van der Waals surface area contributed by atoms with Gasteiger partial charge >= 0.3 is 0 Å². The summed E-state index contributed by atoms with van der Waals surface area (Å²) >= 11 is 0. The van der Waals surface area contributed by atoms with Crippen molar-refractivity contribution < 1.29 is 26.8 Å². The van der Waals surface area contributed by atoms with Gasteiger partial charge in [0.05, 0.1) is 6.61 Å². The SMILES string of the molecule is [2H]C1([2H])C[C@@H](c2ccc(F)cc2)[C@H](COc2ccc3c(c2)OC([2H])([2H])O3)C([2H])([2H])N1. The van der Waals surface area contributed by atoms with E-state index in [4.69, 9.17) is 22.4 Å². The molecule has 0 aromatic heterocycles. The topological polar surface area (TPSA) is 39.7 Å². The lowest BCUT2D eigenvalue weighted by Crippen LogP contribution is -2.38. The Bertz CT molecular complexity index is 940. The summed E-state index contributed by atoms with van der Waals surface area (Å²) in [5.74, 6) is -1.01. The Labute approximate surface area is 149 Å². The van der Waals surface area contributed by atoms with Gasteiger partial charge in [-0.3, -0.25) is 0 Å². The van der Waals surface area contributed by atoms with E-state index in [0.29, 0.717) is 11.3 Å². The molecule has 2 aromatic carbocycles. The van der Waals surface area contributed by atoms with E-state index in [1.807, 2.05) is 0 Å². The van der Waals surface area contributed by atoms with Gasteiger partial charge in [-0.1, -0.05) is 12.1 Å². The van der Waals surface area contributed by atoms with Gasteiger partial charge in [0.2, 0.25) is 6.75 Å². The Morgan fingerprint density at radius 2 is 2.00 bits per heavy atom. The normalized spacial score (nSPS) is 32.4. The lowest BCUT2D eigenvalue weighted by Gasteiger charge is -2.32. The second kappa shape index (κ2) is 6.69. The summed E-state index contributed by atoms with van der Waals surface area (Å²) in [5.41, 5.74) is 0.623. The molecule has 2 aromatic rings. The molecule has 1 fully saturated rings. The smallest absolute Gasteiger partial charge is 0.231 e. The molecule has 0 bridgehead atoms. The van der Waals surface area contributed by atoms with Gasteiger partial charge in [0, 0.05) is 24.0 Å². The van der Waals surface area contributed by atoms with Crippen molar-refractivity contribution in [2.45, 2.75) is 12.3 Å². The molecule has 0 saturated carbocycles. The molecule has 1 saturated heterocycles. The second-order valence-corrected chi connectivity index (χ2v) is 5.62. The highest BCUT2D eigenvalue weighted by Crippen LogP contribution is 2.36. The molecule has 0 amide bonds. The van der Waals surface area contributed by atoms with Crippen LogP contribution in [-0.2, 0) is 0 Å². The third kappa shape index (κ3) is 3.17. The van der Waals surface area contributed by atoms with Crippen LogP contribution in [0.1, 0.15) is 26.1 Å². The molecule has 2 atom stereocenters. The monoisotopic (exact) mass is 335 g/mol. The van der Waals surface area contributed by atoms with Gasteiger partial charge in [-0.15, -0.1) is 0 Å². The van der Waals surface area contributed by atoms with E-state index in [-0.39, 0.29) is 24.5 Å². The van der Waals surface area contributed by atoms with Crippen LogP contribution in [0.2, 0.25) is 0 Å². The van der Waals surface area contributed by atoms with Crippen LogP contribution in [0.5, 0.6) is 17.2 Å². The van der Waals surface area contributed by atoms with Gasteiger partial charge in [-0.05, 0) is 48.7 Å². The highest BCUT2D eigenvalue weighted by Gasteiger charge is 2.27. The fraction of sp³-hybridized carbons (Fsp3) is 0.368. The molecule has 2 heterocycles. The third-order valence-corrected chi connectivity index (χ3v) is 4.10. The third-order valence-electron chi connectivity index (χ3n) is 4.10. The van der Waals surface area contributed by atoms with E-state index in [2.05, 4.69) is 5.32 Å². The summed E-state index contributed by atoms with van der Waals surface area (Å²) in [6, 6.07) is 10.1. The average Bonchev–Trinajstić information content (AvgIpc) is 2.92. The fourth-order valence-corrected chi connectivity index (χ4v) is 2.80. The fourth-order valence-electron chi connectivity index (χ4n) is 2.80. The van der Waals surface area contributed by atoms with Gasteiger partial charge < -0.3 is 19.5 Å². The van der Waals surface area contributed by atoms with Gasteiger partial charge in [0.1, 0.15) is 14.3 Å². The van der Waals surface area contributed by atoms with Crippen LogP contribution in [0.15, 0.2) is 42.5 Å². The van der Waals surface area contributed by atoms with Crippen molar-refractivity contribution in [2.24, 2.45) is 5.92 Å². The summed E-state index contributed by atoms with van der Waals surface area (Å²) in [5, 5.41) is 2.40. The minimum Gasteiger partial charge on any atom is -0.493 e. The lowest BCUT2D eigenvalue weighted by molar-refractivity contribution is 0.173. The standard InChI is InChI=1S/C19H20FNO3/c20-15-3-1-13(2-4-15)17-7-8-21-10-14(17)11-22-16-5-6-18-19(9-16)24-12-23-18/h1-6,9,14,17,21H,7-8,10-12H2/t14-,17-/m0/s1/i8D2,10D2,12D2. The van der Waals surface area contributed by atoms with Crippen molar-refractivity contribution in [1.29, 1.82) is 0 Å². The number of nitrogens with one attached hydrogen (secondary N) is 1. The number of benzene rings is 2. The van der Waals surface area contributed by atoms with Crippen molar-refractivity contribution in [2.75, 3.05) is 26.3 Å². The Morgan fingerprint density at radius 1 is 1.17 bits per heavy atom. The van der Waals surface area contributed by atoms with Gasteiger partial charge in [-0.25, -0.2) is 4.39 Å². The Hall–Kier alpha value is -2.27. The van der Waals surface area contributed by atoms with Crippen LogP contribution in [0.3, 0.4) is 0 Å². The van der Waals surface area contributed by atoms with E-state index < -0.39 is 37.4 Å². The van der Waals surface area contributed by atoms with E-state index in [9.17, 15) is 4.39 Å². The minimum absolute atomic E-state index is 0.00643. The molecule has 0 aliphatic carbocycles.